The quantitative estimate of drug-likeness (QED) is 0.624. The van der Waals surface area contributed by atoms with E-state index in [-0.39, 0.29) is 12.8 Å². The largest absolute Gasteiger partial charge is 0.480 e. The highest BCUT2D eigenvalue weighted by molar-refractivity contribution is 5.79. The number of rotatable bonds is 2. The Bertz CT molecular complexity index is 177. The van der Waals surface area contributed by atoms with E-state index in [0.717, 1.165) is 0 Å². The molecule has 0 spiro atoms. The van der Waals surface area contributed by atoms with Crippen LogP contribution in [0, 0.1) is 5.92 Å². The van der Waals surface area contributed by atoms with Crippen molar-refractivity contribution in [2.24, 2.45) is 11.7 Å². The van der Waals surface area contributed by atoms with Crippen LogP contribution in [0.2, 0.25) is 0 Å². The first-order chi connectivity index (χ1) is 4.96. The number of hydrogen-bond donors (Lipinski definition) is 2. The molecule has 1 saturated carbocycles. The van der Waals surface area contributed by atoms with Crippen molar-refractivity contribution in [1.29, 1.82) is 0 Å². The van der Waals surface area contributed by atoms with Crippen molar-refractivity contribution in [3.8, 4) is 0 Å². The average molecular weight is 165 g/mol. The third-order valence-corrected chi connectivity index (χ3v) is 2.04. The van der Waals surface area contributed by atoms with Crippen LogP contribution in [0.3, 0.4) is 0 Å². The molecule has 1 aliphatic carbocycles. The molecule has 0 aliphatic heterocycles. The van der Waals surface area contributed by atoms with E-state index in [1.54, 1.807) is 0 Å². The molecule has 0 heterocycles. The van der Waals surface area contributed by atoms with Gasteiger partial charge in [0.05, 0.1) is 0 Å². The van der Waals surface area contributed by atoms with Gasteiger partial charge in [-0.15, -0.1) is 0 Å². The number of hydrogen-bond acceptors (Lipinski definition) is 2. The van der Waals surface area contributed by atoms with E-state index in [9.17, 15) is 13.6 Å². The van der Waals surface area contributed by atoms with Gasteiger partial charge < -0.3 is 10.8 Å². The zero-order valence-electron chi connectivity index (χ0n) is 5.76. The number of carboxylic acid groups (broad SMARTS) is 1. The zero-order valence-corrected chi connectivity index (χ0v) is 5.76. The SMILES string of the molecule is NC1(C(=O)O)CC(C(F)F)C1. The Morgan fingerprint density at radius 2 is 2.09 bits per heavy atom. The summed E-state index contributed by atoms with van der Waals surface area (Å²) in [7, 11) is 0. The van der Waals surface area contributed by atoms with Gasteiger partial charge in [0.2, 0.25) is 6.43 Å². The van der Waals surface area contributed by atoms with E-state index < -0.39 is 23.9 Å². The van der Waals surface area contributed by atoms with Crippen molar-refractivity contribution in [3.05, 3.63) is 0 Å². The molecule has 1 aliphatic rings. The third kappa shape index (κ3) is 1.33. The Labute approximate surface area is 62.2 Å². The van der Waals surface area contributed by atoms with Gasteiger partial charge in [-0.1, -0.05) is 0 Å². The summed E-state index contributed by atoms with van der Waals surface area (Å²) in [5.74, 6) is -2.01. The molecule has 0 amide bonds. The van der Waals surface area contributed by atoms with Gasteiger partial charge in [0, 0.05) is 5.92 Å². The molecular weight excluding hydrogens is 156 g/mol. The predicted octanol–water partition coefficient (Wildman–Crippen LogP) is 0.444. The maximum absolute atomic E-state index is 11.8. The molecule has 0 atom stereocenters. The lowest BCUT2D eigenvalue weighted by Gasteiger charge is -2.40. The van der Waals surface area contributed by atoms with Gasteiger partial charge >= 0.3 is 5.97 Å². The number of nitrogens with two attached hydrogens (primary N) is 1. The molecule has 0 aromatic carbocycles. The summed E-state index contributed by atoms with van der Waals surface area (Å²) in [6, 6.07) is 0. The summed E-state index contributed by atoms with van der Waals surface area (Å²) in [5.41, 5.74) is 3.85. The summed E-state index contributed by atoms with van der Waals surface area (Å²) >= 11 is 0. The molecule has 3 N–H and O–H groups in total. The van der Waals surface area contributed by atoms with Crippen LogP contribution < -0.4 is 5.73 Å². The molecule has 3 nitrogen and oxygen atoms in total. The molecule has 0 aromatic rings. The average Bonchev–Trinajstić information content (AvgIpc) is 1.79. The maximum Gasteiger partial charge on any atom is 0.323 e. The van der Waals surface area contributed by atoms with Crippen LogP contribution in [-0.2, 0) is 4.79 Å². The van der Waals surface area contributed by atoms with Crippen molar-refractivity contribution in [3.63, 3.8) is 0 Å². The summed E-state index contributed by atoms with van der Waals surface area (Å²) in [5, 5.41) is 8.42. The Balaban J connectivity index is 2.44. The second-order valence-electron chi connectivity index (χ2n) is 2.96. The van der Waals surface area contributed by atoms with Gasteiger partial charge in [-0.05, 0) is 12.8 Å². The number of carbonyl (C=O) groups is 1. The summed E-state index contributed by atoms with van der Waals surface area (Å²) in [4.78, 5) is 10.3. The highest BCUT2D eigenvalue weighted by Gasteiger charge is 2.50. The molecule has 0 bridgehead atoms. The smallest absolute Gasteiger partial charge is 0.323 e. The monoisotopic (exact) mass is 165 g/mol. The summed E-state index contributed by atoms with van der Waals surface area (Å²) < 4.78 is 23.7. The highest BCUT2D eigenvalue weighted by Crippen LogP contribution is 2.39. The lowest BCUT2D eigenvalue weighted by Crippen LogP contribution is -2.59. The van der Waals surface area contributed by atoms with Gasteiger partial charge in [0.1, 0.15) is 5.54 Å². The molecule has 11 heavy (non-hydrogen) atoms. The van der Waals surface area contributed by atoms with Crippen LogP contribution in [-0.4, -0.2) is 23.0 Å². The molecule has 0 unspecified atom stereocenters. The molecule has 0 aromatic heterocycles. The first-order valence-corrected chi connectivity index (χ1v) is 3.26. The van der Waals surface area contributed by atoms with Crippen molar-refractivity contribution < 1.29 is 18.7 Å². The van der Waals surface area contributed by atoms with Gasteiger partial charge in [-0.3, -0.25) is 4.79 Å². The predicted molar refractivity (Wildman–Crippen MR) is 33.3 cm³/mol. The first-order valence-electron chi connectivity index (χ1n) is 3.26. The van der Waals surface area contributed by atoms with Crippen molar-refractivity contribution in [1.82, 2.24) is 0 Å². The maximum atomic E-state index is 11.8. The number of carboxylic acids is 1. The fourth-order valence-corrected chi connectivity index (χ4v) is 1.23. The lowest BCUT2D eigenvalue weighted by atomic mass is 9.69. The van der Waals surface area contributed by atoms with Crippen molar-refractivity contribution in [2.45, 2.75) is 24.8 Å². The van der Waals surface area contributed by atoms with E-state index in [1.165, 1.54) is 0 Å². The first kappa shape index (κ1) is 8.39. The standard InChI is InChI=1S/C6H9F2NO2/c7-4(8)3-1-6(9,2-3)5(10)11/h3-4H,1-2,9H2,(H,10,11). The number of aliphatic carboxylic acids is 1. The minimum Gasteiger partial charge on any atom is -0.480 e. The van der Waals surface area contributed by atoms with Crippen LogP contribution in [0.4, 0.5) is 8.78 Å². The Kier molecular flexibility index (Phi) is 1.83. The summed E-state index contributed by atoms with van der Waals surface area (Å²) in [6.45, 7) is 0. The van der Waals surface area contributed by atoms with E-state index in [4.69, 9.17) is 10.8 Å². The van der Waals surface area contributed by atoms with Crippen LogP contribution in [0.15, 0.2) is 0 Å². The second kappa shape index (κ2) is 2.41. The Hall–Kier alpha value is -0.710. The molecule has 0 radical (unpaired) electrons. The van der Waals surface area contributed by atoms with Gasteiger partial charge in [0.25, 0.3) is 0 Å². The van der Waals surface area contributed by atoms with Crippen molar-refractivity contribution >= 4 is 5.97 Å². The van der Waals surface area contributed by atoms with Crippen LogP contribution >= 0.6 is 0 Å². The second-order valence-corrected chi connectivity index (χ2v) is 2.96. The normalized spacial score (nSPS) is 36.9. The minimum absolute atomic E-state index is 0.111. The fraction of sp³-hybridized carbons (Fsp3) is 0.833. The molecule has 64 valence electrons. The number of alkyl halides is 2. The molecule has 5 heteroatoms. The molecule has 0 saturated heterocycles. The third-order valence-electron chi connectivity index (χ3n) is 2.04. The van der Waals surface area contributed by atoms with Gasteiger partial charge in [-0.2, -0.15) is 0 Å². The topological polar surface area (TPSA) is 63.3 Å². The van der Waals surface area contributed by atoms with Crippen LogP contribution in [0.5, 0.6) is 0 Å². The van der Waals surface area contributed by atoms with Crippen LogP contribution in [0.25, 0.3) is 0 Å². The van der Waals surface area contributed by atoms with Crippen LogP contribution in [0.1, 0.15) is 12.8 Å². The lowest BCUT2D eigenvalue weighted by molar-refractivity contribution is -0.151. The van der Waals surface area contributed by atoms with Gasteiger partial charge in [-0.25, -0.2) is 8.78 Å². The van der Waals surface area contributed by atoms with E-state index >= 15 is 0 Å². The molecular formula is C6H9F2NO2. The zero-order chi connectivity index (χ0) is 8.65. The van der Waals surface area contributed by atoms with E-state index in [2.05, 4.69) is 0 Å². The molecule has 1 fully saturated rings. The summed E-state index contributed by atoms with van der Waals surface area (Å²) in [6.07, 6.45) is -2.66. The molecule has 1 rings (SSSR count). The minimum atomic E-state index is -2.44. The van der Waals surface area contributed by atoms with Crippen molar-refractivity contribution in [2.75, 3.05) is 0 Å². The fourth-order valence-electron chi connectivity index (χ4n) is 1.23. The van der Waals surface area contributed by atoms with E-state index in [1.807, 2.05) is 0 Å². The number of halogens is 2. The Morgan fingerprint density at radius 1 is 1.64 bits per heavy atom. The Morgan fingerprint density at radius 3 is 2.36 bits per heavy atom. The highest BCUT2D eigenvalue weighted by atomic mass is 19.3. The van der Waals surface area contributed by atoms with E-state index in [0.29, 0.717) is 0 Å². The van der Waals surface area contributed by atoms with Gasteiger partial charge in [0.15, 0.2) is 0 Å².